The molecule has 124 valence electrons. The van der Waals surface area contributed by atoms with Gasteiger partial charge in [0.1, 0.15) is 12.2 Å². The van der Waals surface area contributed by atoms with Gasteiger partial charge in [0.15, 0.2) is 5.76 Å². The maximum absolute atomic E-state index is 12.8. The van der Waals surface area contributed by atoms with Gasteiger partial charge in [0.05, 0.1) is 18.6 Å². The molecule has 4 nitrogen and oxygen atoms in total. The van der Waals surface area contributed by atoms with Gasteiger partial charge in [-0.05, 0) is 12.1 Å². The molecule has 0 bridgehead atoms. The molecule has 0 unspecified atom stereocenters. The second-order valence-electron chi connectivity index (χ2n) is 5.10. The van der Waals surface area contributed by atoms with E-state index in [-0.39, 0.29) is 17.8 Å². The van der Waals surface area contributed by atoms with Crippen LogP contribution in [0.1, 0.15) is 0 Å². The molecule has 0 fully saturated rings. The van der Waals surface area contributed by atoms with E-state index < -0.39 is 0 Å². The summed E-state index contributed by atoms with van der Waals surface area (Å²) in [5.41, 5.74) is 1.18. The summed E-state index contributed by atoms with van der Waals surface area (Å²) < 4.78 is 17.1. The molecule has 24 heavy (non-hydrogen) atoms. The Hall–Kier alpha value is -2.11. The number of alkyl halides is 1. The first kappa shape index (κ1) is 16.7. The first-order chi connectivity index (χ1) is 11.8. The van der Waals surface area contributed by atoms with Crippen LogP contribution < -0.4 is 10.2 Å². The van der Waals surface area contributed by atoms with Crippen molar-refractivity contribution in [2.24, 2.45) is 0 Å². The van der Waals surface area contributed by atoms with Crippen molar-refractivity contribution in [3.8, 4) is 17.1 Å². The summed E-state index contributed by atoms with van der Waals surface area (Å²) in [5.74, 6) is 0.669. The zero-order valence-electron chi connectivity index (χ0n) is 13.0. The fourth-order valence-electron chi connectivity index (χ4n) is 2.39. The highest BCUT2D eigenvalue weighted by atomic mass is 79.9. The van der Waals surface area contributed by atoms with Crippen molar-refractivity contribution in [2.45, 2.75) is 0 Å². The van der Waals surface area contributed by atoms with Gasteiger partial charge in [0.2, 0.25) is 11.2 Å². The van der Waals surface area contributed by atoms with E-state index in [4.69, 9.17) is 13.9 Å². The van der Waals surface area contributed by atoms with Crippen LogP contribution in [0.5, 0.6) is 5.75 Å². The Balaban J connectivity index is 2.00. The third kappa shape index (κ3) is 3.68. The van der Waals surface area contributed by atoms with Gasteiger partial charge in [-0.2, -0.15) is 0 Å². The summed E-state index contributed by atoms with van der Waals surface area (Å²) in [7, 11) is 0. The Labute approximate surface area is 148 Å². The lowest BCUT2D eigenvalue weighted by atomic mass is 10.1. The molecule has 3 aromatic rings. The molecular formula is C19H17BrO4. The third-order valence-electron chi connectivity index (χ3n) is 3.49. The number of fused-ring (bicyclic) bond motifs is 1. The molecule has 0 aliphatic heterocycles. The lowest BCUT2D eigenvalue weighted by Crippen LogP contribution is -2.14. The zero-order valence-corrected chi connectivity index (χ0v) is 14.6. The lowest BCUT2D eigenvalue weighted by molar-refractivity contribution is 0.111. The minimum absolute atomic E-state index is 0.170. The molecule has 0 spiro atoms. The van der Waals surface area contributed by atoms with Gasteiger partial charge >= 0.3 is 0 Å². The molecule has 3 rings (SSSR count). The largest absolute Gasteiger partial charge is 0.484 e. The Morgan fingerprint density at radius 1 is 0.917 bits per heavy atom. The minimum atomic E-state index is -0.170. The highest BCUT2D eigenvalue weighted by molar-refractivity contribution is 9.09. The number of hydrogen-bond donors (Lipinski definition) is 0. The highest BCUT2D eigenvalue weighted by Gasteiger charge is 2.17. The summed E-state index contributed by atoms with van der Waals surface area (Å²) >= 11 is 3.30. The molecule has 2 aromatic carbocycles. The SMILES string of the molecule is O=c1c(OCCOCCBr)c(-c2ccccc2)oc2ccccc12. The van der Waals surface area contributed by atoms with Crippen molar-refractivity contribution in [1.82, 2.24) is 0 Å². The highest BCUT2D eigenvalue weighted by Crippen LogP contribution is 2.30. The normalized spacial score (nSPS) is 10.9. The van der Waals surface area contributed by atoms with Gasteiger partial charge in [0, 0.05) is 10.9 Å². The second-order valence-corrected chi connectivity index (χ2v) is 5.89. The van der Waals surface area contributed by atoms with Crippen LogP contribution in [0.25, 0.3) is 22.3 Å². The molecule has 1 aromatic heterocycles. The predicted molar refractivity (Wildman–Crippen MR) is 98.0 cm³/mol. The molecule has 0 aliphatic rings. The molecular weight excluding hydrogens is 372 g/mol. The fraction of sp³-hybridized carbons (Fsp3) is 0.211. The number of rotatable bonds is 7. The van der Waals surface area contributed by atoms with Crippen molar-refractivity contribution < 1.29 is 13.9 Å². The van der Waals surface area contributed by atoms with Crippen LogP contribution in [0.2, 0.25) is 0 Å². The second kappa shape index (κ2) is 8.13. The smallest absolute Gasteiger partial charge is 0.235 e. The average molecular weight is 389 g/mol. The van der Waals surface area contributed by atoms with Crippen LogP contribution in [0.15, 0.2) is 63.8 Å². The number of halogens is 1. The van der Waals surface area contributed by atoms with Crippen molar-refractivity contribution in [3.05, 3.63) is 64.8 Å². The first-order valence-electron chi connectivity index (χ1n) is 7.69. The fourth-order valence-corrected chi connectivity index (χ4v) is 2.62. The van der Waals surface area contributed by atoms with Crippen molar-refractivity contribution >= 4 is 26.9 Å². The minimum Gasteiger partial charge on any atom is -0.484 e. The van der Waals surface area contributed by atoms with Crippen LogP contribution in [0.4, 0.5) is 0 Å². The molecule has 1 heterocycles. The van der Waals surface area contributed by atoms with E-state index in [2.05, 4.69) is 15.9 Å². The van der Waals surface area contributed by atoms with Gasteiger partial charge in [-0.3, -0.25) is 4.79 Å². The van der Waals surface area contributed by atoms with Gasteiger partial charge in [0.25, 0.3) is 0 Å². The number of benzene rings is 2. The van der Waals surface area contributed by atoms with E-state index in [1.165, 1.54) is 0 Å². The van der Waals surface area contributed by atoms with E-state index >= 15 is 0 Å². The van der Waals surface area contributed by atoms with Crippen LogP contribution in [-0.4, -0.2) is 25.2 Å². The van der Waals surface area contributed by atoms with E-state index in [9.17, 15) is 4.79 Å². The first-order valence-corrected chi connectivity index (χ1v) is 8.81. The van der Waals surface area contributed by atoms with Crippen molar-refractivity contribution in [2.75, 3.05) is 25.2 Å². The van der Waals surface area contributed by atoms with E-state index in [1.807, 2.05) is 42.5 Å². The predicted octanol–water partition coefficient (Wildman–Crippen LogP) is 4.25. The maximum atomic E-state index is 12.8. The molecule has 0 atom stereocenters. The summed E-state index contributed by atoms with van der Waals surface area (Å²) in [4.78, 5) is 12.8. The Morgan fingerprint density at radius 2 is 1.67 bits per heavy atom. The zero-order chi connectivity index (χ0) is 16.8. The Morgan fingerprint density at radius 3 is 2.46 bits per heavy atom. The van der Waals surface area contributed by atoms with E-state index in [0.29, 0.717) is 29.9 Å². The number of ether oxygens (including phenoxy) is 2. The van der Waals surface area contributed by atoms with Crippen LogP contribution in [-0.2, 0) is 4.74 Å². The maximum Gasteiger partial charge on any atom is 0.235 e. The number of para-hydroxylation sites is 1. The summed E-state index contributed by atoms with van der Waals surface area (Å²) in [5, 5.41) is 1.27. The quantitative estimate of drug-likeness (QED) is 0.448. The summed E-state index contributed by atoms with van der Waals surface area (Å²) in [6.07, 6.45) is 0. The molecule has 5 heteroatoms. The van der Waals surface area contributed by atoms with Gasteiger partial charge in [-0.25, -0.2) is 0 Å². The topological polar surface area (TPSA) is 48.7 Å². The number of hydrogen-bond acceptors (Lipinski definition) is 4. The van der Waals surface area contributed by atoms with Crippen molar-refractivity contribution in [3.63, 3.8) is 0 Å². The van der Waals surface area contributed by atoms with Crippen molar-refractivity contribution in [1.29, 1.82) is 0 Å². The molecule has 0 saturated heterocycles. The molecule has 0 saturated carbocycles. The summed E-state index contributed by atoms with van der Waals surface area (Å²) in [6, 6.07) is 16.7. The molecule has 0 aliphatic carbocycles. The van der Waals surface area contributed by atoms with Gasteiger partial charge in [-0.15, -0.1) is 0 Å². The Bertz CT molecular complexity index is 858. The third-order valence-corrected chi connectivity index (χ3v) is 3.81. The van der Waals surface area contributed by atoms with Crippen LogP contribution >= 0.6 is 15.9 Å². The monoisotopic (exact) mass is 388 g/mol. The van der Waals surface area contributed by atoms with Crippen LogP contribution in [0.3, 0.4) is 0 Å². The summed E-state index contributed by atoms with van der Waals surface area (Å²) in [6.45, 7) is 1.29. The lowest BCUT2D eigenvalue weighted by Gasteiger charge is -2.11. The van der Waals surface area contributed by atoms with Gasteiger partial charge in [-0.1, -0.05) is 58.4 Å². The Kier molecular flexibility index (Phi) is 5.67. The molecule has 0 radical (unpaired) electrons. The molecule has 0 amide bonds. The standard InChI is InChI=1S/C19H17BrO4/c20-10-11-22-12-13-23-19-17(21)15-8-4-5-9-16(15)24-18(19)14-6-2-1-3-7-14/h1-9H,10-13H2. The average Bonchev–Trinajstić information content (AvgIpc) is 2.64. The molecule has 0 N–H and O–H groups in total. The van der Waals surface area contributed by atoms with E-state index in [1.54, 1.807) is 12.1 Å². The van der Waals surface area contributed by atoms with Crippen LogP contribution in [0, 0.1) is 0 Å². The van der Waals surface area contributed by atoms with E-state index in [0.717, 1.165) is 10.9 Å². The van der Waals surface area contributed by atoms with Gasteiger partial charge < -0.3 is 13.9 Å².